The third-order valence-corrected chi connectivity index (χ3v) is 15.2. The van der Waals surface area contributed by atoms with Crippen LogP contribution in [-0.2, 0) is 9.59 Å². The summed E-state index contributed by atoms with van der Waals surface area (Å²) in [6, 6.07) is 0. The average molecular weight is 507 g/mol. The molecule has 1 spiro atoms. The lowest BCUT2D eigenvalue weighted by Crippen LogP contribution is -2.66. The van der Waals surface area contributed by atoms with Crippen molar-refractivity contribution in [3.8, 4) is 0 Å². The molecule has 7 saturated carbocycles. The van der Waals surface area contributed by atoms with Gasteiger partial charge in [-0.2, -0.15) is 0 Å². The van der Waals surface area contributed by atoms with Gasteiger partial charge in [0.05, 0.1) is 11.3 Å². The number of hydrogen-bond acceptors (Lipinski definition) is 2. The summed E-state index contributed by atoms with van der Waals surface area (Å²) in [6.45, 7) is 9.39. The van der Waals surface area contributed by atoms with Crippen molar-refractivity contribution in [2.45, 2.75) is 85.5 Å². The van der Waals surface area contributed by atoms with Crippen LogP contribution < -0.4 is 0 Å². The molecule has 0 aromatic rings. The van der Waals surface area contributed by atoms with Crippen LogP contribution in [0, 0.1) is 93.2 Å². The normalized spacial score (nSPS) is 60.1. The van der Waals surface area contributed by atoms with Crippen LogP contribution >= 0.6 is 0 Å². The number of fused-ring (bicyclic) bond motifs is 10. The molecular weight excluding hydrogens is 460 g/mol. The number of carbonyl (C=O) groups is 2. The summed E-state index contributed by atoms with van der Waals surface area (Å²) in [4.78, 5) is 24.8. The van der Waals surface area contributed by atoms with Gasteiger partial charge in [0, 0.05) is 0 Å². The van der Waals surface area contributed by atoms with Crippen LogP contribution in [-0.4, -0.2) is 22.2 Å². The van der Waals surface area contributed by atoms with E-state index in [0.717, 1.165) is 55.3 Å². The standard InChI is InChI=1S/C33H46O4/c1-15(2)22-14-33-9-6-23-31(3,7-5-8-32(23,4)30(36)37)24(33)13-18(22)27-20-12-21(28(27)33)25-16-10-17(26(20)25)19(11-16)29(34)35/h14-21,23-28H,5-13H2,1-4H3,(H,34,35)(H,36,37). The van der Waals surface area contributed by atoms with Crippen LogP contribution in [0.25, 0.3) is 0 Å². The molecule has 15 unspecified atom stereocenters. The molecule has 9 rings (SSSR count). The Kier molecular flexibility index (Phi) is 4.49. The minimum Gasteiger partial charge on any atom is -0.481 e. The molecule has 0 heterocycles. The van der Waals surface area contributed by atoms with E-state index in [1.807, 2.05) is 0 Å². The summed E-state index contributed by atoms with van der Waals surface area (Å²) in [7, 11) is 0. The van der Waals surface area contributed by atoms with Gasteiger partial charge in [0.15, 0.2) is 0 Å². The van der Waals surface area contributed by atoms with Crippen LogP contribution in [0.4, 0.5) is 0 Å². The fourth-order valence-corrected chi connectivity index (χ4v) is 14.6. The molecule has 0 saturated heterocycles. The Morgan fingerprint density at radius 3 is 2.38 bits per heavy atom. The van der Waals surface area contributed by atoms with Crippen molar-refractivity contribution < 1.29 is 19.8 Å². The van der Waals surface area contributed by atoms with Crippen molar-refractivity contribution >= 4 is 11.9 Å². The Bertz CT molecular complexity index is 1110. The second kappa shape index (κ2) is 7.05. The first kappa shape index (κ1) is 23.6. The lowest BCUT2D eigenvalue weighted by molar-refractivity contribution is -0.209. The van der Waals surface area contributed by atoms with E-state index in [-0.39, 0.29) is 16.7 Å². The number of rotatable bonds is 3. The Balaban J connectivity index is 1.23. The van der Waals surface area contributed by atoms with Gasteiger partial charge in [-0.1, -0.05) is 38.8 Å². The molecule has 0 amide bonds. The summed E-state index contributed by atoms with van der Waals surface area (Å²) >= 11 is 0. The van der Waals surface area contributed by atoms with Crippen molar-refractivity contribution in [3.05, 3.63) is 11.6 Å². The van der Waals surface area contributed by atoms with Gasteiger partial charge in [-0.25, -0.2) is 0 Å². The first-order chi connectivity index (χ1) is 17.5. The smallest absolute Gasteiger partial charge is 0.309 e. The Hall–Kier alpha value is -1.32. The van der Waals surface area contributed by atoms with E-state index in [1.54, 1.807) is 5.57 Å². The van der Waals surface area contributed by atoms with Gasteiger partial charge >= 0.3 is 11.9 Å². The van der Waals surface area contributed by atoms with Crippen LogP contribution in [0.3, 0.4) is 0 Å². The second-order valence-corrected chi connectivity index (χ2v) is 16.1. The zero-order valence-corrected chi connectivity index (χ0v) is 23.2. The van der Waals surface area contributed by atoms with E-state index >= 15 is 0 Å². The summed E-state index contributed by atoms with van der Waals surface area (Å²) < 4.78 is 0. The minimum atomic E-state index is -0.578. The van der Waals surface area contributed by atoms with Gasteiger partial charge in [0.1, 0.15) is 0 Å². The van der Waals surface area contributed by atoms with Crippen LogP contribution in [0.1, 0.15) is 85.5 Å². The maximum Gasteiger partial charge on any atom is 0.309 e. The molecule has 2 N–H and O–H groups in total. The quantitative estimate of drug-likeness (QED) is 0.328. The lowest BCUT2D eigenvalue weighted by Gasteiger charge is -2.71. The summed E-state index contributed by atoms with van der Waals surface area (Å²) in [5.74, 6) is 6.54. The van der Waals surface area contributed by atoms with E-state index in [9.17, 15) is 19.8 Å². The summed E-state index contributed by atoms with van der Waals surface area (Å²) in [6.07, 6.45) is 13.0. The molecule has 4 heteroatoms. The fourth-order valence-electron chi connectivity index (χ4n) is 14.6. The summed E-state index contributed by atoms with van der Waals surface area (Å²) in [5.41, 5.74) is 1.51. The van der Waals surface area contributed by atoms with Crippen molar-refractivity contribution in [2.75, 3.05) is 0 Å². The number of allylic oxidation sites excluding steroid dienone is 2. The Labute approximate surface area is 222 Å². The molecule has 4 nitrogen and oxygen atoms in total. The molecule has 202 valence electrons. The third-order valence-electron chi connectivity index (χ3n) is 15.2. The van der Waals surface area contributed by atoms with Gasteiger partial charge in [-0.3, -0.25) is 9.59 Å². The number of hydrogen-bond donors (Lipinski definition) is 2. The monoisotopic (exact) mass is 506 g/mol. The van der Waals surface area contributed by atoms with Crippen molar-refractivity contribution in [2.24, 2.45) is 93.2 Å². The molecule has 0 radical (unpaired) electrons. The molecule has 7 fully saturated rings. The van der Waals surface area contributed by atoms with Crippen LogP contribution in [0.5, 0.6) is 0 Å². The number of aliphatic carboxylic acids is 2. The zero-order valence-electron chi connectivity index (χ0n) is 23.2. The molecule has 9 aliphatic carbocycles. The molecule has 9 aliphatic rings. The molecule has 0 aromatic carbocycles. The largest absolute Gasteiger partial charge is 0.481 e. The van der Waals surface area contributed by atoms with Crippen molar-refractivity contribution in [1.82, 2.24) is 0 Å². The average Bonchev–Trinajstić information content (AvgIpc) is 3.62. The highest BCUT2D eigenvalue weighted by Crippen LogP contribution is 2.82. The van der Waals surface area contributed by atoms with Crippen molar-refractivity contribution in [1.29, 1.82) is 0 Å². The van der Waals surface area contributed by atoms with Crippen molar-refractivity contribution in [3.63, 3.8) is 0 Å². The van der Waals surface area contributed by atoms with E-state index in [4.69, 9.17) is 0 Å². The Morgan fingerprint density at radius 2 is 1.68 bits per heavy atom. The van der Waals surface area contributed by atoms with Gasteiger partial charge in [-0.15, -0.1) is 0 Å². The fraction of sp³-hybridized carbons (Fsp3) is 0.879. The van der Waals surface area contributed by atoms with Gasteiger partial charge in [0.25, 0.3) is 0 Å². The lowest BCUT2D eigenvalue weighted by atomic mass is 9.32. The molecule has 15 atom stereocenters. The van der Waals surface area contributed by atoms with Gasteiger partial charge in [0.2, 0.25) is 0 Å². The van der Waals surface area contributed by atoms with E-state index in [0.29, 0.717) is 41.4 Å². The predicted molar refractivity (Wildman–Crippen MR) is 140 cm³/mol. The third kappa shape index (κ3) is 2.50. The van der Waals surface area contributed by atoms with E-state index < -0.39 is 17.4 Å². The Morgan fingerprint density at radius 1 is 0.892 bits per heavy atom. The molecule has 0 aromatic heterocycles. The van der Waals surface area contributed by atoms with E-state index in [2.05, 4.69) is 33.8 Å². The van der Waals surface area contributed by atoms with Gasteiger partial charge in [-0.05, 0) is 140 Å². The van der Waals surface area contributed by atoms with Gasteiger partial charge < -0.3 is 10.2 Å². The first-order valence-electron chi connectivity index (χ1n) is 15.7. The maximum atomic E-state index is 12.6. The number of carboxylic acids is 2. The zero-order chi connectivity index (χ0) is 25.8. The number of carboxylic acid groups (broad SMARTS) is 2. The summed E-state index contributed by atoms with van der Waals surface area (Å²) in [5, 5.41) is 20.4. The highest BCUT2D eigenvalue weighted by atomic mass is 16.4. The highest BCUT2D eigenvalue weighted by molar-refractivity contribution is 5.75. The maximum absolute atomic E-state index is 12.6. The molecule has 0 aliphatic heterocycles. The van der Waals surface area contributed by atoms with Crippen LogP contribution in [0.2, 0.25) is 0 Å². The first-order valence-corrected chi connectivity index (χ1v) is 15.7. The molecule has 37 heavy (non-hydrogen) atoms. The van der Waals surface area contributed by atoms with E-state index in [1.165, 1.54) is 32.1 Å². The minimum absolute atomic E-state index is 0.0823. The molecule has 6 bridgehead atoms. The molecular formula is C33H46O4. The predicted octanol–water partition coefficient (Wildman–Crippen LogP) is 6.75. The SMILES string of the molecule is CC(C)C1=CC23CCC4C(C)(C(=O)O)CCCC4(C)C2CC1C1C2CC(C4C5CC(C(=O)O)C(C5)C24)C13. The topological polar surface area (TPSA) is 74.6 Å². The second-order valence-electron chi connectivity index (χ2n) is 16.1. The van der Waals surface area contributed by atoms with Crippen LogP contribution in [0.15, 0.2) is 11.6 Å². The highest BCUT2D eigenvalue weighted by Gasteiger charge is 2.77.